The Hall–Kier alpha value is -0.653. The van der Waals surface area contributed by atoms with E-state index in [0.717, 1.165) is 0 Å². The lowest BCUT2D eigenvalue weighted by Crippen LogP contribution is -2.48. The molecule has 0 fully saturated rings. The molecule has 24 heavy (non-hydrogen) atoms. The molecular formula is C19H38O4Si. The standard InChI is InChI=1S/C19H38O4Si/c1-9-22-19(21)11-10-17(8)18(20)12-13-23-24(14(2)3,15(4)5)16(6)7/h10-11,14-18,20H,9,12-13H2,1-8H3/b11-10+/t17-,18-/m0/s1. The molecule has 0 saturated heterocycles. The molecule has 142 valence electrons. The maximum Gasteiger partial charge on any atom is 0.330 e. The van der Waals surface area contributed by atoms with Gasteiger partial charge in [0.1, 0.15) is 0 Å². The maximum atomic E-state index is 11.3. The lowest BCUT2D eigenvalue weighted by atomic mass is 10.0. The van der Waals surface area contributed by atoms with Crippen molar-refractivity contribution >= 4 is 14.3 Å². The monoisotopic (exact) mass is 358 g/mol. The van der Waals surface area contributed by atoms with Gasteiger partial charge in [0.15, 0.2) is 8.32 Å². The van der Waals surface area contributed by atoms with E-state index in [0.29, 0.717) is 36.3 Å². The van der Waals surface area contributed by atoms with Crippen LogP contribution in [-0.2, 0) is 14.0 Å². The molecule has 0 spiro atoms. The summed E-state index contributed by atoms with van der Waals surface area (Å²) in [6.45, 7) is 18.1. The molecule has 0 unspecified atom stereocenters. The number of hydrogen-bond acceptors (Lipinski definition) is 4. The smallest absolute Gasteiger partial charge is 0.330 e. The van der Waals surface area contributed by atoms with Crippen molar-refractivity contribution in [3.8, 4) is 0 Å². The summed E-state index contributed by atoms with van der Waals surface area (Å²) in [6.07, 6.45) is 3.16. The van der Waals surface area contributed by atoms with Crippen LogP contribution in [0.3, 0.4) is 0 Å². The first-order valence-corrected chi connectivity index (χ1v) is 11.4. The molecule has 0 aromatic carbocycles. The number of aliphatic hydroxyl groups is 1. The number of esters is 1. The van der Waals surface area contributed by atoms with Crippen LogP contribution >= 0.6 is 0 Å². The summed E-state index contributed by atoms with van der Waals surface area (Å²) in [5.74, 6) is -0.468. The van der Waals surface area contributed by atoms with Crippen LogP contribution in [0.4, 0.5) is 0 Å². The highest BCUT2D eigenvalue weighted by Gasteiger charge is 2.44. The van der Waals surface area contributed by atoms with Gasteiger partial charge in [0, 0.05) is 18.6 Å². The van der Waals surface area contributed by atoms with Gasteiger partial charge in [-0.15, -0.1) is 0 Å². The van der Waals surface area contributed by atoms with Gasteiger partial charge in [-0.1, -0.05) is 54.5 Å². The molecule has 0 rings (SSSR count). The van der Waals surface area contributed by atoms with E-state index < -0.39 is 14.4 Å². The van der Waals surface area contributed by atoms with Crippen LogP contribution < -0.4 is 0 Å². The van der Waals surface area contributed by atoms with Gasteiger partial charge >= 0.3 is 5.97 Å². The molecule has 0 aliphatic rings. The lowest BCUT2D eigenvalue weighted by molar-refractivity contribution is -0.137. The highest BCUT2D eigenvalue weighted by Crippen LogP contribution is 2.42. The Kier molecular flexibility index (Phi) is 10.8. The van der Waals surface area contributed by atoms with Crippen molar-refractivity contribution in [3.63, 3.8) is 0 Å². The van der Waals surface area contributed by atoms with Crippen LogP contribution in [0.5, 0.6) is 0 Å². The molecular weight excluding hydrogens is 320 g/mol. The largest absolute Gasteiger partial charge is 0.463 e. The van der Waals surface area contributed by atoms with E-state index in [2.05, 4.69) is 41.5 Å². The molecule has 0 aliphatic heterocycles. The highest BCUT2D eigenvalue weighted by atomic mass is 28.4. The Bertz CT molecular complexity index is 369. The predicted molar refractivity (Wildman–Crippen MR) is 103 cm³/mol. The number of carbonyl (C=O) groups is 1. The molecule has 0 bridgehead atoms. The summed E-state index contributed by atoms with van der Waals surface area (Å²) in [6, 6.07) is 0. The van der Waals surface area contributed by atoms with Crippen molar-refractivity contribution in [1.29, 1.82) is 0 Å². The summed E-state index contributed by atoms with van der Waals surface area (Å²) in [7, 11) is -1.88. The minimum Gasteiger partial charge on any atom is -0.463 e. The molecule has 4 nitrogen and oxygen atoms in total. The fourth-order valence-electron chi connectivity index (χ4n) is 3.67. The third-order valence-electron chi connectivity index (χ3n) is 4.90. The third-order valence-corrected chi connectivity index (χ3v) is 11.0. The Labute approximate surface area is 149 Å². The molecule has 0 saturated carbocycles. The van der Waals surface area contributed by atoms with E-state index in [-0.39, 0.29) is 11.9 Å². The van der Waals surface area contributed by atoms with E-state index in [1.807, 2.05) is 6.92 Å². The summed E-state index contributed by atoms with van der Waals surface area (Å²) in [5.41, 5.74) is 1.61. The number of rotatable bonds is 11. The van der Waals surface area contributed by atoms with Gasteiger partial charge < -0.3 is 14.3 Å². The zero-order valence-corrected chi connectivity index (χ0v) is 17.8. The highest BCUT2D eigenvalue weighted by molar-refractivity contribution is 6.77. The molecule has 1 N–H and O–H groups in total. The second-order valence-electron chi connectivity index (χ2n) is 7.49. The SMILES string of the molecule is CCOC(=O)/C=C/[C@H](C)[C@@H](O)CCO[Si](C(C)C)(C(C)C)C(C)C. The van der Waals surface area contributed by atoms with E-state index in [1.54, 1.807) is 13.0 Å². The maximum absolute atomic E-state index is 11.3. The van der Waals surface area contributed by atoms with Crippen molar-refractivity contribution < 1.29 is 19.1 Å². The fourth-order valence-corrected chi connectivity index (χ4v) is 9.14. The van der Waals surface area contributed by atoms with E-state index in [1.165, 1.54) is 6.08 Å². The van der Waals surface area contributed by atoms with Crippen molar-refractivity contribution in [1.82, 2.24) is 0 Å². The Balaban J connectivity index is 4.63. The van der Waals surface area contributed by atoms with Gasteiger partial charge in [0.25, 0.3) is 0 Å². The third kappa shape index (κ3) is 6.69. The molecule has 0 aromatic heterocycles. The summed E-state index contributed by atoms with van der Waals surface area (Å²) >= 11 is 0. The predicted octanol–water partition coefficient (Wildman–Crippen LogP) is 4.68. The van der Waals surface area contributed by atoms with Crippen LogP contribution in [0, 0.1) is 5.92 Å². The minimum atomic E-state index is -1.88. The number of aliphatic hydroxyl groups excluding tert-OH is 1. The van der Waals surface area contributed by atoms with E-state index in [4.69, 9.17) is 9.16 Å². The van der Waals surface area contributed by atoms with Crippen molar-refractivity contribution in [3.05, 3.63) is 12.2 Å². The van der Waals surface area contributed by atoms with Gasteiger partial charge in [-0.3, -0.25) is 0 Å². The van der Waals surface area contributed by atoms with E-state index in [9.17, 15) is 9.90 Å². The molecule has 5 heteroatoms. The topological polar surface area (TPSA) is 55.8 Å². The molecule has 0 radical (unpaired) electrons. The van der Waals surface area contributed by atoms with E-state index >= 15 is 0 Å². The second kappa shape index (κ2) is 11.1. The summed E-state index contributed by atoms with van der Waals surface area (Å²) in [5, 5.41) is 10.3. The first kappa shape index (κ1) is 23.3. The Morgan fingerprint density at radius 1 is 1.04 bits per heavy atom. The average molecular weight is 359 g/mol. The van der Waals surface area contributed by atoms with Gasteiger partial charge in [-0.2, -0.15) is 0 Å². The van der Waals surface area contributed by atoms with Crippen molar-refractivity contribution in [2.45, 2.75) is 84.5 Å². The molecule has 0 aromatic rings. The fraction of sp³-hybridized carbons (Fsp3) is 0.842. The summed E-state index contributed by atoms with van der Waals surface area (Å²) in [4.78, 5) is 11.3. The zero-order valence-electron chi connectivity index (χ0n) is 16.8. The molecule has 0 aliphatic carbocycles. The average Bonchev–Trinajstić information content (AvgIpc) is 2.47. The molecule has 0 heterocycles. The first-order chi connectivity index (χ1) is 11.1. The van der Waals surface area contributed by atoms with Crippen LogP contribution in [0.2, 0.25) is 16.6 Å². The number of hydrogen-bond donors (Lipinski definition) is 1. The Morgan fingerprint density at radius 2 is 1.54 bits per heavy atom. The van der Waals surface area contributed by atoms with Crippen LogP contribution in [0.25, 0.3) is 0 Å². The van der Waals surface area contributed by atoms with Crippen LogP contribution in [0.1, 0.15) is 61.8 Å². The normalized spacial score (nSPS) is 15.5. The molecule has 2 atom stereocenters. The van der Waals surface area contributed by atoms with Gasteiger partial charge in [-0.05, 0) is 30.0 Å². The Morgan fingerprint density at radius 3 is 1.96 bits per heavy atom. The van der Waals surface area contributed by atoms with Crippen molar-refractivity contribution in [2.75, 3.05) is 13.2 Å². The lowest BCUT2D eigenvalue weighted by Gasteiger charge is -2.42. The molecule has 0 amide bonds. The zero-order chi connectivity index (χ0) is 18.9. The quantitative estimate of drug-likeness (QED) is 0.331. The van der Waals surface area contributed by atoms with Gasteiger partial charge in [0.2, 0.25) is 0 Å². The summed E-state index contributed by atoms with van der Waals surface area (Å²) < 4.78 is 11.3. The van der Waals surface area contributed by atoms with Crippen LogP contribution in [0.15, 0.2) is 12.2 Å². The second-order valence-corrected chi connectivity index (χ2v) is 13.0. The number of carbonyl (C=O) groups excluding carboxylic acids is 1. The minimum absolute atomic E-state index is 0.105. The first-order valence-electron chi connectivity index (χ1n) is 9.26. The van der Waals surface area contributed by atoms with Gasteiger partial charge in [0.05, 0.1) is 12.7 Å². The number of ether oxygens (including phenoxy) is 1. The van der Waals surface area contributed by atoms with Gasteiger partial charge in [-0.25, -0.2) is 4.79 Å². The van der Waals surface area contributed by atoms with Crippen molar-refractivity contribution in [2.24, 2.45) is 5.92 Å². The van der Waals surface area contributed by atoms with Crippen LogP contribution in [-0.4, -0.2) is 38.7 Å².